The van der Waals surface area contributed by atoms with Gasteiger partial charge in [-0.15, -0.1) is 0 Å². The van der Waals surface area contributed by atoms with Gasteiger partial charge in [-0.3, -0.25) is 0 Å². The normalized spacial score (nSPS) is 19.4. The van der Waals surface area contributed by atoms with Crippen LogP contribution in [0.15, 0.2) is 18.2 Å². The van der Waals surface area contributed by atoms with E-state index in [-0.39, 0.29) is 12.0 Å². The van der Waals surface area contributed by atoms with E-state index in [9.17, 15) is 5.26 Å². The number of nitrogens with one attached hydrogen (secondary N) is 3. The fraction of sp³-hybridized carbons (Fsp3) is 0.600. The number of halogens is 1. The highest BCUT2D eigenvalue weighted by molar-refractivity contribution is 6.32. The third-order valence-electron chi connectivity index (χ3n) is 6.84. The molecule has 0 amide bonds. The maximum absolute atomic E-state index is 10.0. The molecule has 1 aromatic carbocycles. The monoisotopic (exact) mass is 498 g/mol. The van der Waals surface area contributed by atoms with Crippen LogP contribution in [0.25, 0.3) is 0 Å². The van der Waals surface area contributed by atoms with Gasteiger partial charge in [0, 0.05) is 18.1 Å². The Kier molecular flexibility index (Phi) is 8.83. The maximum atomic E-state index is 10.0. The van der Waals surface area contributed by atoms with Crippen molar-refractivity contribution < 1.29 is 4.74 Å². The van der Waals surface area contributed by atoms with Gasteiger partial charge in [0.1, 0.15) is 5.75 Å². The molecule has 2 unspecified atom stereocenters. The number of hydrogen-bond donors (Lipinski definition) is 3. The molecule has 35 heavy (non-hydrogen) atoms. The van der Waals surface area contributed by atoms with Crippen molar-refractivity contribution in [3.8, 4) is 11.9 Å². The number of aromatic nitrogens is 3. The number of anilines is 4. The van der Waals surface area contributed by atoms with Gasteiger partial charge in [-0.05, 0) is 56.8 Å². The summed E-state index contributed by atoms with van der Waals surface area (Å²) in [6.07, 6.45) is 12.5. The van der Waals surface area contributed by atoms with Crippen LogP contribution in [-0.4, -0.2) is 46.7 Å². The first-order chi connectivity index (χ1) is 17.1. The average molecular weight is 499 g/mol. The second kappa shape index (κ2) is 12.2. The van der Waals surface area contributed by atoms with Gasteiger partial charge in [-0.1, -0.05) is 44.2 Å². The molecule has 2 aromatic rings. The van der Waals surface area contributed by atoms with Crippen molar-refractivity contribution >= 4 is 35.1 Å². The van der Waals surface area contributed by atoms with Crippen molar-refractivity contribution in [2.45, 2.75) is 82.8 Å². The van der Waals surface area contributed by atoms with Crippen LogP contribution >= 0.6 is 11.6 Å². The molecular weight excluding hydrogens is 464 g/mol. The zero-order valence-electron chi connectivity index (χ0n) is 20.6. The van der Waals surface area contributed by atoms with Crippen LogP contribution in [0.4, 0.5) is 23.5 Å². The molecule has 0 bridgehead atoms. The first-order valence-corrected chi connectivity index (χ1v) is 13.0. The number of benzene rings is 1. The molecule has 1 saturated heterocycles. The van der Waals surface area contributed by atoms with Gasteiger partial charge in [0.25, 0.3) is 0 Å². The minimum absolute atomic E-state index is 0.185. The predicted molar refractivity (Wildman–Crippen MR) is 139 cm³/mol. The summed E-state index contributed by atoms with van der Waals surface area (Å²) in [5.41, 5.74) is 0.556. The largest absolute Gasteiger partial charge is 0.495 e. The fourth-order valence-electron chi connectivity index (χ4n) is 4.92. The Morgan fingerprint density at radius 1 is 1.14 bits per heavy atom. The molecule has 0 spiro atoms. The van der Waals surface area contributed by atoms with Gasteiger partial charge in [0.2, 0.25) is 17.8 Å². The number of rotatable bonds is 9. The number of hydrogen-bond acceptors (Lipinski definition) is 9. The fourth-order valence-corrected chi connectivity index (χ4v) is 5.17. The van der Waals surface area contributed by atoms with Crippen molar-refractivity contribution in [1.29, 1.82) is 5.26 Å². The Balaban J connectivity index is 1.66. The molecule has 2 fully saturated rings. The summed E-state index contributed by atoms with van der Waals surface area (Å²) in [7, 11) is 1.56. The Labute approximate surface area is 212 Å². The molecule has 2 aliphatic rings. The lowest BCUT2D eigenvalue weighted by Gasteiger charge is -2.25. The van der Waals surface area contributed by atoms with Gasteiger partial charge in [-0.25, -0.2) is 4.90 Å². The van der Waals surface area contributed by atoms with Crippen LogP contribution < -0.4 is 25.6 Å². The van der Waals surface area contributed by atoms with Crippen LogP contribution in [0.5, 0.6) is 5.75 Å². The molecule has 10 heteroatoms. The van der Waals surface area contributed by atoms with Gasteiger partial charge in [0.05, 0.1) is 17.8 Å². The van der Waals surface area contributed by atoms with Crippen molar-refractivity contribution in [2.24, 2.45) is 0 Å². The van der Waals surface area contributed by atoms with Crippen LogP contribution in [0.2, 0.25) is 5.02 Å². The molecule has 3 N–H and O–H groups in total. The van der Waals surface area contributed by atoms with Gasteiger partial charge < -0.3 is 20.7 Å². The van der Waals surface area contributed by atoms with E-state index in [0.717, 1.165) is 32.2 Å². The summed E-state index contributed by atoms with van der Waals surface area (Å²) >= 11 is 6.34. The molecule has 2 atom stereocenters. The van der Waals surface area contributed by atoms with Gasteiger partial charge >= 0.3 is 0 Å². The first kappa shape index (κ1) is 25.3. The summed E-state index contributed by atoms with van der Waals surface area (Å²) in [4.78, 5) is 15.4. The maximum Gasteiger partial charge on any atom is 0.250 e. The van der Waals surface area contributed by atoms with E-state index in [1.54, 1.807) is 25.3 Å². The minimum atomic E-state index is 0.185. The SMILES string of the molecule is CCC(Nc1nc(NC2CCCCCC2)nc(N(C#N)c2ccc(OC)c(Cl)c2)n1)C1CCCN1. The highest BCUT2D eigenvalue weighted by Crippen LogP contribution is 2.32. The number of ether oxygens (including phenoxy) is 1. The summed E-state index contributed by atoms with van der Waals surface area (Å²) in [6, 6.07) is 6.03. The van der Waals surface area contributed by atoms with Crippen LogP contribution in [-0.2, 0) is 0 Å². The molecule has 1 aromatic heterocycles. The average Bonchev–Trinajstić information content (AvgIpc) is 3.28. The molecule has 1 aliphatic carbocycles. The number of nitriles is 1. The molecule has 2 heterocycles. The van der Waals surface area contributed by atoms with Crippen molar-refractivity contribution in [3.05, 3.63) is 23.2 Å². The minimum Gasteiger partial charge on any atom is -0.495 e. The molecule has 188 valence electrons. The van der Waals surface area contributed by atoms with Crippen molar-refractivity contribution in [2.75, 3.05) is 29.2 Å². The van der Waals surface area contributed by atoms with Crippen molar-refractivity contribution in [3.63, 3.8) is 0 Å². The Hall–Kier alpha value is -2.83. The lowest BCUT2D eigenvalue weighted by atomic mass is 10.0. The molecule has 4 rings (SSSR count). The van der Waals surface area contributed by atoms with Gasteiger partial charge in [-0.2, -0.15) is 20.2 Å². The lowest BCUT2D eigenvalue weighted by Crippen LogP contribution is -2.40. The number of methoxy groups -OCH3 is 1. The van der Waals surface area contributed by atoms with E-state index in [0.29, 0.717) is 40.4 Å². The molecule has 0 radical (unpaired) electrons. The molecule has 1 saturated carbocycles. The van der Waals surface area contributed by atoms with Crippen LogP contribution in [0.3, 0.4) is 0 Å². The van der Waals surface area contributed by atoms with E-state index in [2.05, 4.69) is 39.0 Å². The predicted octanol–water partition coefficient (Wildman–Crippen LogP) is 5.23. The summed E-state index contributed by atoms with van der Waals surface area (Å²) in [6.45, 7) is 3.19. The Bertz CT molecular complexity index is 1020. The van der Waals surface area contributed by atoms with Gasteiger partial charge in [0.15, 0.2) is 6.19 Å². The van der Waals surface area contributed by atoms with Crippen LogP contribution in [0, 0.1) is 11.5 Å². The first-order valence-electron chi connectivity index (χ1n) is 12.7. The highest BCUT2D eigenvalue weighted by Gasteiger charge is 2.25. The summed E-state index contributed by atoms with van der Waals surface area (Å²) in [5.74, 6) is 1.73. The zero-order valence-corrected chi connectivity index (χ0v) is 21.3. The Morgan fingerprint density at radius 3 is 2.54 bits per heavy atom. The molecule has 1 aliphatic heterocycles. The third kappa shape index (κ3) is 6.44. The third-order valence-corrected chi connectivity index (χ3v) is 7.14. The highest BCUT2D eigenvalue weighted by atomic mass is 35.5. The smallest absolute Gasteiger partial charge is 0.250 e. The van der Waals surface area contributed by atoms with Crippen LogP contribution in [0.1, 0.15) is 64.7 Å². The second-order valence-corrected chi connectivity index (χ2v) is 9.64. The quantitative estimate of drug-likeness (QED) is 0.243. The van der Waals surface area contributed by atoms with E-state index in [4.69, 9.17) is 21.3 Å². The summed E-state index contributed by atoms with van der Waals surface area (Å²) < 4.78 is 5.26. The topological polar surface area (TPSA) is 111 Å². The second-order valence-electron chi connectivity index (χ2n) is 9.23. The standard InChI is InChI=1S/C25H35ClN8O/c1-3-20(21-11-8-14-28-21)30-24-31-23(29-17-9-6-4-5-7-10-17)32-25(33-24)34(16-27)18-12-13-22(35-2)19(26)15-18/h12-13,15,17,20-21,28H,3-11,14H2,1-2H3,(H2,29,30,31,32,33). The molecular formula is C25H35ClN8O. The van der Waals surface area contributed by atoms with E-state index >= 15 is 0 Å². The van der Waals surface area contributed by atoms with E-state index in [1.807, 2.05) is 0 Å². The summed E-state index contributed by atoms with van der Waals surface area (Å²) in [5, 5.41) is 21.1. The molecule has 9 nitrogen and oxygen atoms in total. The van der Waals surface area contributed by atoms with E-state index in [1.165, 1.54) is 37.0 Å². The van der Waals surface area contributed by atoms with E-state index < -0.39 is 0 Å². The lowest BCUT2D eigenvalue weighted by molar-refractivity contribution is 0.415. The zero-order chi connectivity index (χ0) is 24.6. The van der Waals surface area contributed by atoms with Crippen molar-refractivity contribution in [1.82, 2.24) is 20.3 Å². The number of nitrogens with zero attached hydrogens (tertiary/aromatic N) is 5. The Morgan fingerprint density at radius 2 is 1.91 bits per heavy atom.